The van der Waals surface area contributed by atoms with Crippen molar-refractivity contribution in [2.24, 2.45) is 11.8 Å². The Kier molecular flexibility index (Phi) is 2.37. The predicted octanol–water partition coefficient (Wildman–Crippen LogP) is 1.96. The van der Waals surface area contributed by atoms with Crippen LogP contribution < -0.4 is 0 Å². The molecular formula is C11H20O2. The summed E-state index contributed by atoms with van der Waals surface area (Å²) >= 11 is 0. The van der Waals surface area contributed by atoms with Crippen molar-refractivity contribution in [1.29, 1.82) is 0 Å². The van der Waals surface area contributed by atoms with Crippen molar-refractivity contribution in [1.82, 2.24) is 0 Å². The summed E-state index contributed by atoms with van der Waals surface area (Å²) in [6, 6.07) is 0. The van der Waals surface area contributed by atoms with Crippen LogP contribution in [0.4, 0.5) is 0 Å². The average molecular weight is 184 g/mol. The molecule has 1 saturated heterocycles. The topological polar surface area (TPSA) is 32.8 Å². The van der Waals surface area contributed by atoms with Crippen molar-refractivity contribution in [2.45, 2.75) is 51.2 Å². The molecule has 76 valence electrons. The molecule has 1 unspecified atom stereocenters. The van der Waals surface area contributed by atoms with E-state index in [-0.39, 0.29) is 6.10 Å². The second-order valence-electron chi connectivity index (χ2n) is 5.01. The Balaban J connectivity index is 1.87. The van der Waals surface area contributed by atoms with Crippen LogP contribution in [0.2, 0.25) is 0 Å². The monoisotopic (exact) mass is 184 g/mol. The molecule has 0 aromatic rings. The van der Waals surface area contributed by atoms with E-state index in [1.54, 1.807) is 0 Å². The molecule has 0 bridgehead atoms. The maximum Gasteiger partial charge on any atom is 0.110 e. The lowest BCUT2D eigenvalue weighted by Gasteiger charge is -2.36. The fraction of sp³-hybridized carbons (Fsp3) is 1.00. The summed E-state index contributed by atoms with van der Waals surface area (Å²) in [6.45, 7) is 5.34. The Morgan fingerprint density at radius 2 is 1.85 bits per heavy atom. The van der Waals surface area contributed by atoms with E-state index in [9.17, 15) is 5.11 Å². The summed E-state index contributed by atoms with van der Waals surface area (Å²) in [4.78, 5) is 0. The first kappa shape index (κ1) is 9.47. The molecule has 0 radical (unpaired) electrons. The summed E-state index contributed by atoms with van der Waals surface area (Å²) in [5.74, 6) is 1.59. The van der Waals surface area contributed by atoms with Crippen molar-refractivity contribution in [3.63, 3.8) is 0 Å². The largest absolute Gasteiger partial charge is 0.387 e. The molecule has 0 aromatic carbocycles. The van der Waals surface area contributed by atoms with Gasteiger partial charge < -0.3 is 9.84 Å². The third kappa shape index (κ3) is 1.89. The van der Waals surface area contributed by atoms with E-state index in [4.69, 9.17) is 4.74 Å². The molecule has 2 fully saturated rings. The maximum atomic E-state index is 10.2. The van der Waals surface area contributed by atoms with Crippen LogP contribution >= 0.6 is 0 Å². The Labute approximate surface area is 80.3 Å². The van der Waals surface area contributed by atoms with Crippen LogP contribution in [0.15, 0.2) is 0 Å². The Bertz CT molecular complexity index is 177. The fourth-order valence-electron chi connectivity index (χ4n) is 2.49. The van der Waals surface area contributed by atoms with Gasteiger partial charge in [-0.15, -0.1) is 0 Å². The van der Waals surface area contributed by atoms with Gasteiger partial charge in [0.2, 0.25) is 0 Å². The SMILES string of the molecule is CC(C)C1CCC(O)(C2CO2)CC1. The first-order chi connectivity index (χ1) is 6.12. The summed E-state index contributed by atoms with van der Waals surface area (Å²) < 4.78 is 5.20. The van der Waals surface area contributed by atoms with Crippen molar-refractivity contribution >= 4 is 0 Å². The van der Waals surface area contributed by atoms with Gasteiger partial charge in [0.05, 0.1) is 12.2 Å². The van der Waals surface area contributed by atoms with Gasteiger partial charge in [-0.1, -0.05) is 13.8 Å². The molecule has 2 heteroatoms. The molecule has 2 aliphatic rings. The highest BCUT2D eigenvalue weighted by Gasteiger charge is 2.47. The summed E-state index contributed by atoms with van der Waals surface area (Å²) in [5.41, 5.74) is -0.467. The number of epoxide rings is 1. The predicted molar refractivity (Wildman–Crippen MR) is 51.5 cm³/mol. The fourth-order valence-corrected chi connectivity index (χ4v) is 2.49. The molecule has 2 nitrogen and oxygen atoms in total. The van der Waals surface area contributed by atoms with Gasteiger partial charge in [-0.25, -0.2) is 0 Å². The van der Waals surface area contributed by atoms with Gasteiger partial charge >= 0.3 is 0 Å². The zero-order chi connectivity index (χ0) is 9.47. The molecule has 1 aliphatic carbocycles. The molecule has 0 aromatic heterocycles. The first-order valence-corrected chi connectivity index (χ1v) is 5.46. The standard InChI is InChI=1S/C11H20O2/c1-8(2)9-3-5-11(12,6-4-9)10-7-13-10/h8-10,12H,3-7H2,1-2H3. The van der Waals surface area contributed by atoms with Crippen molar-refractivity contribution in [3.05, 3.63) is 0 Å². The van der Waals surface area contributed by atoms with Crippen LogP contribution in [0.1, 0.15) is 39.5 Å². The third-order valence-electron chi connectivity index (χ3n) is 3.77. The van der Waals surface area contributed by atoms with E-state index in [1.807, 2.05) is 0 Å². The highest BCUT2D eigenvalue weighted by atomic mass is 16.6. The van der Waals surface area contributed by atoms with Gasteiger partial charge in [0, 0.05) is 0 Å². The van der Waals surface area contributed by atoms with Crippen LogP contribution in [0, 0.1) is 11.8 Å². The number of rotatable bonds is 2. The van der Waals surface area contributed by atoms with Crippen LogP contribution in [0.5, 0.6) is 0 Å². The molecule has 0 amide bonds. The molecule has 13 heavy (non-hydrogen) atoms. The number of ether oxygens (including phenoxy) is 1. The molecule has 1 aliphatic heterocycles. The molecule has 1 heterocycles. The Morgan fingerprint density at radius 3 is 2.23 bits per heavy atom. The van der Waals surface area contributed by atoms with Crippen LogP contribution in [0.25, 0.3) is 0 Å². The van der Waals surface area contributed by atoms with E-state index in [2.05, 4.69) is 13.8 Å². The minimum Gasteiger partial charge on any atom is -0.387 e. The first-order valence-electron chi connectivity index (χ1n) is 5.46. The second-order valence-corrected chi connectivity index (χ2v) is 5.01. The van der Waals surface area contributed by atoms with Gasteiger partial charge in [-0.3, -0.25) is 0 Å². The van der Waals surface area contributed by atoms with E-state index >= 15 is 0 Å². The third-order valence-corrected chi connectivity index (χ3v) is 3.77. The van der Waals surface area contributed by atoms with E-state index in [0.717, 1.165) is 31.3 Å². The van der Waals surface area contributed by atoms with Gasteiger partial charge in [-0.2, -0.15) is 0 Å². The van der Waals surface area contributed by atoms with E-state index in [0.29, 0.717) is 0 Å². The summed E-state index contributed by atoms with van der Waals surface area (Å²) in [5, 5.41) is 10.2. The normalized spacial score (nSPS) is 45.2. The summed E-state index contributed by atoms with van der Waals surface area (Å²) in [6.07, 6.45) is 4.41. The van der Waals surface area contributed by atoms with Crippen molar-refractivity contribution in [3.8, 4) is 0 Å². The van der Waals surface area contributed by atoms with Gasteiger partial charge in [-0.05, 0) is 37.5 Å². The Morgan fingerprint density at radius 1 is 1.31 bits per heavy atom. The lowest BCUT2D eigenvalue weighted by Crippen LogP contribution is -2.40. The van der Waals surface area contributed by atoms with Crippen molar-refractivity contribution in [2.75, 3.05) is 6.61 Å². The number of hydrogen-bond donors (Lipinski definition) is 1. The van der Waals surface area contributed by atoms with Crippen LogP contribution in [-0.4, -0.2) is 23.4 Å². The van der Waals surface area contributed by atoms with Crippen molar-refractivity contribution < 1.29 is 9.84 Å². The Hall–Kier alpha value is -0.0800. The highest BCUT2D eigenvalue weighted by Crippen LogP contribution is 2.41. The molecular weight excluding hydrogens is 164 g/mol. The maximum absolute atomic E-state index is 10.2. The lowest BCUT2D eigenvalue weighted by atomic mass is 9.73. The zero-order valence-corrected chi connectivity index (χ0v) is 8.62. The minimum absolute atomic E-state index is 0.167. The number of aliphatic hydroxyl groups is 1. The average Bonchev–Trinajstić information content (AvgIpc) is 2.87. The van der Waals surface area contributed by atoms with Crippen LogP contribution in [0.3, 0.4) is 0 Å². The number of hydrogen-bond acceptors (Lipinski definition) is 2. The minimum atomic E-state index is -0.467. The van der Waals surface area contributed by atoms with E-state index in [1.165, 1.54) is 12.8 Å². The smallest absolute Gasteiger partial charge is 0.110 e. The quantitative estimate of drug-likeness (QED) is 0.665. The van der Waals surface area contributed by atoms with Gasteiger partial charge in [0.15, 0.2) is 0 Å². The lowest BCUT2D eigenvalue weighted by molar-refractivity contribution is -0.0365. The summed E-state index contributed by atoms with van der Waals surface area (Å²) in [7, 11) is 0. The highest BCUT2D eigenvalue weighted by molar-refractivity contribution is 4.97. The second kappa shape index (κ2) is 3.25. The van der Waals surface area contributed by atoms with E-state index < -0.39 is 5.60 Å². The zero-order valence-electron chi connectivity index (χ0n) is 8.62. The van der Waals surface area contributed by atoms with Gasteiger partial charge in [0.25, 0.3) is 0 Å². The van der Waals surface area contributed by atoms with Gasteiger partial charge in [0.1, 0.15) is 6.10 Å². The molecule has 0 spiro atoms. The molecule has 1 atom stereocenters. The molecule has 1 saturated carbocycles. The molecule has 2 rings (SSSR count). The van der Waals surface area contributed by atoms with Crippen LogP contribution in [-0.2, 0) is 4.74 Å². The molecule has 1 N–H and O–H groups in total.